The van der Waals surface area contributed by atoms with Crippen molar-refractivity contribution in [3.63, 3.8) is 0 Å². The lowest BCUT2D eigenvalue weighted by Gasteiger charge is -2.09. The molecule has 0 radical (unpaired) electrons. The molecular weight excluding hydrogens is 383 g/mol. The highest BCUT2D eigenvalue weighted by atomic mass is 35.5. The molecule has 3 rings (SSSR count). The first kappa shape index (κ1) is 19.0. The maximum atomic E-state index is 12.3. The van der Waals surface area contributed by atoms with Gasteiger partial charge in [-0.1, -0.05) is 54.6 Å². The number of aromatic nitrogens is 1. The highest BCUT2D eigenvalue weighted by Gasteiger charge is 2.13. The standard InChI is InChI=1S/C21H16Cl2N2O2/c1-4-5-16(12(2)22)21(26)25-15-8-6-14(7-9-15)17-10-20-19(11-18(17)23)24-13(3)27-20/h4-11H,1-2H2,3H3,(H,25,26)/b16-5+. The number of hydrogen-bond acceptors (Lipinski definition) is 3. The van der Waals surface area contributed by atoms with Crippen LogP contribution in [-0.4, -0.2) is 10.9 Å². The molecule has 0 saturated carbocycles. The van der Waals surface area contributed by atoms with Crippen molar-refractivity contribution in [2.75, 3.05) is 5.32 Å². The fourth-order valence-electron chi connectivity index (χ4n) is 2.62. The van der Waals surface area contributed by atoms with E-state index in [9.17, 15) is 4.79 Å². The molecular formula is C21H16Cl2N2O2. The molecule has 4 nitrogen and oxygen atoms in total. The van der Waals surface area contributed by atoms with Crippen molar-refractivity contribution in [1.29, 1.82) is 0 Å². The van der Waals surface area contributed by atoms with E-state index in [4.69, 9.17) is 27.6 Å². The maximum absolute atomic E-state index is 12.3. The molecule has 0 unspecified atom stereocenters. The van der Waals surface area contributed by atoms with E-state index in [-0.39, 0.29) is 16.5 Å². The van der Waals surface area contributed by atoms with E-state index in [1.54, 1.807) is 25.1 Å². The largest absolute Gasteiger partial charge is 0.441 e. The quantitative estimate of drug-likeness (QED) is 0.407. The van der Waals surface area contributed by atoms with Crippen LogP contribution in [0, 0.1) is 6.92 Å². The van der Waals surface area contributed by atoms with E-state index in [0.717, 1.165) is 11.1 Å². The second-order valence-electron chi connectivity index (χ2n) is 5.79. The summed E-state index contributed by atoms with van der Waals surface area (Å²) in [6.45, 7) is 8.94. The van der Waals surface area contributed by atoms with Gasteiger partial charge in [-0.05, 0) is 35.9 Å². The summed E-state index contributed by atoms with van der Waals surface area (Å²) in [6.07, 6.45) is 2.99. The normalized spacial score (nSPS) is 11.4. The van der Waals surface area contributed by atoms with Crippen molar-refractivity contribution >= 4 is 45.9 Å². The van der Waals surface area contributed by atoms with Crippen LogP contribution in [0.2, 0.25) is 5.02 Å². The Balaban J connectivity index is 1.86. The number of nitrogens with one attached hydrogen (secondary N) is 1. The number of amides is 1. The van der Waals surface area contributed by atoms with E-state index >= 15 is 0 Å². The Morgan fingerprint density at radius 3 is 2.59 bits per heavy atom. The van der Waals surface area contributed by atoms with Gasteiger partial charge in [0.25, 0.3) is 5.91 Å². The van der Waals surface area contributed by atoms with Crippen molar-refractivity contribution in [2.45, 2.75) is 6.92 Å². The van der Waals surface area contributed by atoms with Gasteiger partial charge in [0.2, 0.25) is 0 Å². The number of fused-ring (bicyclic) bond motifs is 1. The number of rotatable bonds is 5. The number of oxazole rings is 1. The van der Waals surface area contributed by atoms with Gasteiger partial charge in [0.1, 0.15) is 5.52 Å². The highest BCUT2D eigenvalue weighted by Crippen LogP contribution is 2.33. The van der Waals surface area contributed by atoms with Gasteiger partial charge in [0.15, 0.2) is 11.5 Å². The molecule has 1 aromatic heterocycles. The molecule has 27 heavy (non-hydrogen) atoms. The number of hydrogen-bond donors (Lipinski definition) is 1. The van der Waals surface area contributed by atoms with E-state index in [1.807, 2.05) is 18.2 Å². The minimum atomic E-state index is -0.362. The predicted octanol–water partition coefficient (Wildman–Crippen LogP) is 6.26. The van der Waals surface area contributed by atoms with Gasteiger partial charge < -0.3 is 9.73 Å². The first-order valence-electron chi connectivity index (χ1n) is 8.05. The van der Waals surface area contributed by atoms with Crippen molar-refractivity contribution in [1.82, 2.24) is 4.98 Å². The number of carbonyl (C=O) groups excluding carboxylic acids is 1. The lowest BCUT2D eigenvalue weighted by atomic mass is 10.0. The second kappa shape index (κ2) is 7.82. The lowest BCUT2D eigenvalue weighted by molar-refractivity contribution is -0.112. The van der Waals surface area contributed by atoms with Crippen LogP contribution in [0.1, 0.15) is 5.89 Å². The van der Waals surface area contributed by atoms with Gasteiger partial charge in [-0.3, -0.25) is 4.79 Å². The summed E-state index contributed by atoms with van der Waals surface area (Å²) in [7, 11) is 0. The molecule has 6 heteroatoms. The third kappa shape index (κ3) is 4.13. The lowest BCUT2D eigenvalue weighted by Crippen LogP contribution is -2.14. The summed E-state index contributed by atoms with van der Waals surface area (Å²) in [5, 5.41) is 3.49. The number of anilines is 1. The van der Waals surface area contributed by atoms with Crippen LogP contribution < -0.4 is 5.32 Å². The van der Waals surface area contributed by atoms with Crippen LogP contribution in [0.5, 0.6) is 0 Å². The molecule has 0 fully saturated rings. The van der Waals surface area contributed by atoms with E-state index in [2.05, 4.69) is 23.5 Å². The zero-order chi connectivity index (χ0) is 19.6. The number of allylic oxidation sites excluding steroid dienone is 2. The van der Waals surface area contributed by atoms with E-state index in [1.165, 1.54) is 12.2 Å². The maximum Gasteiger partial charge on any atom is 0.257 e. The number of carbonyl (C=O) groups is 1. The Bertz CT molecular complexity index is 1080. The Morgan fingerprint density at radius 1 is 1.26 bits per heavy atom. The highest BCUT2D eigenvalue weighted by molar-refractivity contribution is 6.36. The second-order valence-corrected chi connectivity index (χ2v) is 6.65. The minimum Gasteiger partial charge on any atom is -0.441 e. The van der Waals surface area contributed by atoms with Gasteiger partial charge >= 0.3 is 0 Å². The van der Waals surface area contributed by atoms with Crippen LogP contribution in [0.3, 0.4) is 0 Å². The Morgan fingerprint density at radius 2 is 1.96 bits per heavy atom. The zero-order valence-corrected chi connectivity index (χ0v) is 16.1. The SMILES string of the molecule is C=C/C=C(\C(=C)Cl)C(=O)Nc1ccc(-c2cc3oc(C)nc3cc2Cl)cc1. The summed E-state index contributed by atoms with van der Waals surface area (Å²) in [5.74, 6) is 0.222. The summed E-state index contributed by atoms with van der Waals surface area (Å²) < 4.78 is 5.57. The summed E-state index contributed by atoms with van der Waals surface area (Å²) in [5.41, 5.74) is 3.96. The number of nitrogens with zero attached hydrogens (tertiary/aromatic N) is 1. The monoisotopic (exact) mass is 398 g/mol. The van der Waals surface area contributed by atoms with Crippen LogP contribution in [-0.2, 0) is 4.79 Å². The van der Waals surface area contributed by atoms with Crippen molar-refractivity contribution in [3.8, 4) is 11.1 Å². The molecule has 2 aromatic carbocycles. The van der Waals surface area contributed by atoms with Gasteiger partial charge in [0.05, 0.1) is 10.6 Å². The fraction of sp³-hybridized carbons (Fsp3) is 0.0476. The van der Waals surface area contributed by atoms with Crippen molar-refractivity contribution in [3.05, 3.63) is 83.2 Å². The summed E-state index contributed by atoms with van der Waals surface area (Å²) in [6, 6.07) is 10.9. The van der Waals surface area contributed by atoms with Crippen LogP contribution >= 0.6 is 23.2 Å². The average Bonchev–Trinajstić information content (AvgIpc) is 2.98. The molecule has 0 spiro atoms. The molecule has 3 aromatic rings. The Labute approximate surface area is 166 Å². The Kier molecular flexibility index (Phi) is 5.49. The predicted molar refractivity (Wildman–Crippen MR) is 111 cm³/mol. The molecule has 1 N–H and O–H groups in total. The average molecular weight is 399 g/mol. The molecule has 0 bridgehead atoms. The smallest absolute Gasteiger partial charge is 0.257 e. The van der Waals surface area contributed by atoms with Crippen LogP contribution in [0.4, 0.5) is 5.69 Å². The molecule has 0 saturated heterocycles. The van der Waals surface area contributed by atoms with Gasteiger partial charge in [-0.15, -0.1) is 0 Å². The van der Waals surface area contributed by atoms with Gasteiger partial charge in [-0.2, -0.15) is 0 Å². The third-order valence-electron chi connectivity index (χ3n) is 3.86. The zero-order valence-electron chi connectivity index (χ0n) is 14.6. The number of benzene rings is 2. The molecule has 0 aliphatic rings. The summed E-state index contributed by atoms with van der Waals surface area (Å²) >= 11 is 12.2. The first-order chi connectivity index (χ1) is 12.9. The molecule has 1 heterocycles. The molecule has 1 amide bonds. The van der Waals surface area contributed by atoms with Crippen molar-refractivity contribution < 1.29 is 9.21 Å². The Hall–Kier alpha value is -2.82. The van der Waals surface area contributed by atoms with Crippen LogP contribution in [0.25, 0.3) is 22.2 Å². The van der Waals surface area contributed by atoms with Crippen molar-refractivity contribution in [2.24, 2.45) is 0 Å². The molecule has 0 aliphatic heterocycles. The first-order valence-corrected chi connectivity index (χ1v) is 8.80. The molecule has 136 valence electrons. The van der Waals surface area contributed by atoms with E-state index in [0.29, 0.717) is 27.7 Å². The molecule has 0 atom stereocenters. The fourth-order valence-corrected chi connectivity index (χ4v) is 3.04. The molecule has 0 aliphatic carbocycles. The van der Waals surface area contributed by atoms with Gasteiger partial charge in [0, 0.05) is 23.2 Å². The number of aryl methyl sites for hydroxylation is 1. The number of halogens is 2. The topological polar surface area (TPSA) is 55.1 Å². The summed E-state index contributed by atoms with van der Waals surface area (Å²) in [4.78, 5) is 16.6. The van der Waals surface area contributed by atoms with Crippen LogP contribution in [0.15, 0.2) is 76.7 Å². The third-order valence-corrected chi connectivity index (χ3v) is 4.38. The van der Waals surface area contributed by atoms with E-state index < -0.39 is 0 Å². The minimum absolute atomic E-state index is 0.145. The van der Waals surface area contributed by atoms with Gasteiger partial charge in [-0.25, -0.2) is 4.98 Å².